The molecule has 102 valence electrons. The van der Waals surface area contributed by atoms with Crippen LogP contribution in [0.5, 0.6) is 0 Å². The number of nitrogens with one attached hydrogen (secondary N) is 1. The second-order valence-electron chi connectivity index (χ2n) is 4.40. The lowest BCUT2D eigenvalue weighted by molar-refractivity contribution is 0.542. The summed E-state index contributed by atoms with van der Waals surface area (Å²) in [4.78, 5) is 0. The number of hydrogen-bond donors (Lipinski definition) is 1. The van der Waals surface area contributed by atoms with Crippen LogP contribution in [0.1, 0.15) is 25.5 Å². The first-order valence-corrected chi connectivity index (χ1v) is 7.85. The number of alkyl halides is 1. The van der Waals surface area contributed by atoms with Crippen LogP contribution in [0.2, 0.25) is 0 Å². The van der Waals surface area contributed by atoms with Gasteiger partial charge in [0.15, 0.2) is 0 Å². The van der Waals surface area contributed by atoms with Gasteiger partial charge in [-0.1, -0.05) is 25.1 Å². The zero-order chi connectivity index (χ0) is 13.8. The quantitative estimate of drug-likeness (QED) is 0.820. The molecule has 0 bridgehead atoms. The molecular formula is C12H17ClFNO2S. The molecule has 0 amide bonds. The van der Waals surface area contributed by atoms with E-state index in [1.54, 1.807) is 32.0 Å². The Bertz CT molecular complexity index is 493. The molecule has 0 radical (unpaired) electrons. The van der Waals surface area contributed by atoms with Gasteiger partial charge in [0, 0.05) is 17.5 Å². The highest BCUT2D eigenvalue weighted by Crippen LogP contribution is 2.17. The standard InChI is InChI=1S/C12H17ClFNO2S/c1-9(7-13)8-18(16,17)15-10(2)11-5-3-4-6-12(11)14/h3-6,9-10,15H,7-8H2,1-2H3. The molecule has 1 rings (SSSR count). The molecule has 0 heterocycles. The van der Waals surface area contributed by atoms with Crippen LogP contribution in [0.15, 0.2) is 24.3 Å². The highest BCUT2D eigenvalue weighted by atomic mass is 35.5. The molecule has 18 heavy (non-hydrogen) atoms. The number of benzene rings is 1. The molecule has 0 aliphatic carbocycles. The zero-order valence-corrected chi connectivity index (χ0v) is 11.9. The fourth-order valence-corrected chi connectivity index (χ4v) is 3.49. The molecule has 1 aromatic rings. The van der Waals surface area contributed by atoms with Crippen LogP contribution < -0.4 is 4.72 Å². The van der Waals surface area contributed by atoms with Crippen molar-refractivity contribution in [3.63, 3.8) is 0 Å². The molecule has 2 atom stereocenters. The second kappa shape index (κ2) is 6.50. The minimum absolute atomic E-state index is 0.0602. The number of halogens is 2. The average molecular weight is 294 g/mol. The van der Waals surface area contributed by atoms with Gasteiger partial charge < -0.3 is 0 Å². The minimum Gasteiger partial charge on any atom is -0.212 e. The van der Waals surface area contributed by atoms with E-state index in [4.69, 9.17) is 11.6 Å². The van der Waals surface area contributed by atoms with Gasteiger partial charge in [-0.25, -0.2) is 17.5 Å². The van der Waals surface area contributed by atoms with Gasteiger partial charge in [0.2, 0.25) is 10.0 Å². The van der Waals surface area contributed by atoms with Crippen molar-refractivity contribution in [2.45, 2.75) is 19.9 Å². The summed E-state index contributed by atoms with van der Waals surface area (Å²) >= 11 is 5.58. The molecule has 1 N–H and O–H groups in total. The van der Waals surface area contributed by atoms with Crippen LogP contribution >= 0.6 is 11.6 Å². The van der Waals surface area contributed by atoms with Gasteiger partial charge in [-0.15, -0.1) is 11.6 Å². The van der Waals surface area contributed by atoms with Crippen LogP contribution in [-0.4, -0.2) is 20.1 Å². The lowest BCUT2D eigenvalue weighted by Crippen LogP contribution is -2.32. The summed E-state index contributed by atoms with van der Waals surface area (Å²) in [5, 5.41) is 0. The number of rotatable bonds is 6. The van der Waals surface area contributed by atoms with E-state index in [9.17, 15) is 12.8 Å². The maximum atomic E-state index is 13.5. The normalized spacial score (nSPS) is 15.3. The van der Waals surface area contributed by atoms with E-state index in [0.29, 0.717) is 5.56 Å². The van der Waals surface area contributed by atoms with Crippen molar-refractivity contribution >= 4 is 21.6 Å². The minimum atomic E-state index is -3.46. The maximum Gasteiger partial charge on any atom is 0.212 e. The first-order valence-electron chi connectivity index (χ1n) is 5.66. The Kier molecular flexibility index (Phi) is 5.56. The van der Waals surface area contributed by atoms with Gasteiger partial charge in [0.25, 0.3) is 0 Å². The fourth-order valence-electron chi connectivity index (χ4n) is 1.63. The maximum absolute atomic E-state index is 13.5. The Balaban J connectivity index is 2.76. The molecule has 0 saturated heterocycles. The fraction of sp³-hybridized carbons (Fsp3) is 0.500. The van der Waals surface area contributed by atoms with Crippen molar-refractivity contribution in [2.75, 3.05) is 11.6 Å². The van der Waals surface area contributed by atoms with Crippen molar-refractivity contribution in [3.05, 3.63) is 35.6 Å². The van der Waals surface area contributed by atoms with Gasteiger partial charge in [0.1, 0.15) is 5.82 Å². The highest BCUT2D eigenvalue weighted by Gasteiger charge is 2.20. The van der Waals surface area contributed by atoms with Crippen molar-refractivity contribution < 1.29 is 12.8 Å². The van der Waals surface area contributed by atoms with Crippen LogP contribution in [0.25, 0.3) is 0 Å². The summed E-state index contributed by atoms with van der Waals surface area (Å²) in [6.45, 7) is 3.36. The van der Waals surface area contributed by atoms with E-state index < -0.39 is 21.9 Å². The summed E-state index contributed by atoms with van der Waals surface area (Å²) in [7, 11) is -3.46. The number of sulfonamides is 1. The smallest absolute Gasteiger partial charge is 0.212 e. The summed E-state index contributed by atoms with van der Waals surface area (Å²) in [6.07, 6.45) is 0. The van der Waals surface area contributed by atoms with Crippen LogP contribution in [0, 0.1) is 11.7 Å². The van der Waals surface area contributed by atoms with Gasteiger partial charge in [0.05, 0.1) is 5.75 Å². The van der Waals surface area contributed by atoms with E-state index in [1.165, 1.54) is 6.07 Å². The van der Waals surface area contributed by atoms with Crippen LogP contribution in [-0.2, 0) is 10.0 Å². The Hall–Kier alpha value is -0.650. The van der Waals surface area contributed by atoms with Gasteiger partial charge in [-0.2, -0.15) is 0 Å². The lowest BCUT2D eigenvalue weighted by atomic mass is 10.1. The van der Waals surface area contributed by atoms with Crippen molar-refractivity contribution in [1.29, 1.82) is 0 Å². The Morgan fingerprint density at radius 2 is 1.94 bits per heavy atom. The Morgan fingerprint density at radius 3 is 2.50 bits per heavy atom. The van der Waals surface area contributed by atoms with Gasteiger partial charge >= 0.3 is 0 Å². The van der Waals surface area contributed by atoms with Crippen LogP contribution in [0.4, 0.5) is 4.39 Å². The van der Waals surface area contributed by atoms with Crippen molar-refractivity contribution in [1.82, 2.24) is 4.72 Å². The predicted octanol–water partition coefficient (Wildman–Crippen LogP) is 2.68. The van der Waals surface area contributed by atoms with E-state index in [2.05, 4.69) is 4.72 Å². The molecule has 6 heteroatoms. The molecule has 1 aromatic carbocycles. The second-order valence-corrected chi connectivity index (χ2v) is 6.51. The van der Waals surface area contributed by atoms with E-state index in [-0.39, 0.29) is 17.6 Å². The molecule has 0 aliphatic rings. The molecule has 0 fully saturated rings. The first-order chi connectivity index (χ1) is 8.35. The molecule has 2 unspecified atom stereocenters. The summed E-state index contributed by atoms with van der Waals surface area (Å²) in [6, 6.07) is 5.51. The predicted molar refractivity (Wildman–Crippen MR) is 71.6 cm³/mol. The largest absolute Gasteiger partial charge is 0.212 e. The molecule has 3 nitrogen and oxygen atoms in total. The average Bonchev–Trinajstić information content (AvgIpc) is 2.27. The van der Waals surface area contributed by atoms with E-state index >= 15 is 0 Å². The van der Waals surface area contributed by atoms with E-state index in [0.717, 1.165) is 0 Å². The summed E-state index contributed by atoms with van der Waals surface area (Å²) < 4.78 is 39.5. The summed E-state index contributed by atoms with van der Waals surface area (Å²) in [5.74, 6) is -0.348. The molecular weight excluding hydrogens is 277 g/mol. The number of hydrogen-bond acceptors (Lipinski definition) is 2. The third-order valence-electron chi connectivity index (χ3n) is 2.50. The first kappa shape index (κ1) is 15.4. The van der Waals surface area contributed by atoms with Crippen LogP contribution in [0.3, 0.4) is 0 Å². The van der Waals surface area contributed by atoms with Crippen molar-refractivity contribution in [2.24, 2.45) is 5.92 Å². The van der Waals surface area contributed by atoms with Crippen molar-refractivity contribution in [3.8, 4) is 0 Å². The molecule has 0 spiro atoms. The highest BCUT2D eigenvalue weighted by molar-refractivity contribution is 7.89. The SMILES string of the molecule is CC(CCl)CS(=O)(=O)NC(C)c1ccccc1F. The molecule has 0 aromatic heterocycles. The zero-order valence-electron chi connectivity index (χ0n) is 10.4. The third kappa shape index (κ3) is 4.55. The van der Waals surface area contributed by atoms with Gasteiger partial charge in [-0.3, -0.25) is 0 Å². The Labute approximate surface area is 112 Å². The topological polar surface area (TPSA) is 46.2 Å². The van der Waals surface area contributed by atoms with E-state index in [1.807, 2.05) is 0 Å². The lowest BCUT2D eigenvalue weighted by Gasteiger charge is -2.16. The summed E-state index contributed by atoms with van der Waals surface area (Å²) in [5.41, 5.74) is 0.333. The van der Waals surface area contributed by atoms with Gasteiger partial charge in [-0.05, 0) is 18.9 Å². The molecule has 0 aliphatic heterocycles. The monoisotopic (exact) mass is 293 g/mol. The Morgan fingerprint density at radius 1 is 1.33 bits per heavy atom. The third-order valence-corrected chi connectivity index (χ3v) is 4.74. The molecule has 0 saturated carbocycles.